The smallest absolute Gasteiger partial charge is 0.380 e. The Labute approximate surface area is 198 Å². The van der Waals surface area contributed by atoms with E-state index in [0.717, 1.165) is 22.7 Å². The fraction of sp³-hybridized carbons (Fsp3) is 0.194. The molecule has 0 aliphatic carbocycles. The number of aromatic nitrogens is 2. The highest BCUT2D eigenvalue weighted by Gasteiger charge is 2.32. The highest BCUT2D eigenvalue weighted by molar-refractivity contribution is 6.21. The average Bonchev–Trinajstić information content (AvgIpc) is 3.44. The normalized spacial score (nSPS) is 12.9. The van der Waals surface area contributed by atoms with Crippen LogP contribution in [-0.4, -0.2) is 4.40 Å². The van der Waals surface area contributed by atoms with E-state index in [0.29, 0.717) is 0 Å². The standard InChI is InChI=1S/C31H27N2O/c1-18-24(17-19-11-6-7-12-20(19)26(18)31(2,3)4)29-32(5)28-23-15-10-14-22-21-13-8-9-16-25(21)33(27(22)23)30(28)34-29/h6-17H,1-5H3/q+1. The van der Waals surface area contributed by atoms with Gasteiger partial charge in [-0.15, -0.1) is 0 Å². The third-order valence-electron chi connectivity index (χ3n) is 7.48. The second-order valence-corrected chi connectivity index (χ2v) is 10.6. The Morgan fingerprint density at radius 1 is 0.794 bits per heavy atom. The molecule has 3 heteroatoms. The molecule has 166 valence electrons. The van der Waals surface area contributed by atoms with Crippen molar-refractivity contribution in [1.82, 2.24) is 4.40 Å². The number of hydrogen-bond acceptors (Lipinski definition) is 1. The molecule has 0 atom stereocenters. The number of oxazole rings is 1. The number of hydrogen-bond donors (Lipinski definition) is 0. The summed E-state index contributed by atoms with van der Waals surface area (Å²) in [5.41, 5.74) is 8.33. The summed E-state index contributed by atoms with van der Waals surface area (Å²) in [4.78, 5) is 0. The molecule has 3 aromatic heterocycles. The fourth-order valence-electron chi connectivity index (χ4n) is 6.20. The molecule has 0 saturated carbocycles. The molecule has 7 aromatic rings. The van der Waals surface area contributed by atoms with Gasteiger partial charge in [0.15, 0.2) is 0 Å². The van der Waals surface area contributed by atoms with Gasteiger partial charge in [-0.25, -0.2) is 0 Å². The van der Waals surface area contributed by atoms with E-state index in [9.17, 15) is 0 Å². The lowest BCUT2D eigenvalue weighted by molar-refractivity contribution is -0.636. The topological polar surface area (TPSA) is 21.4 Å². The zero-order valence-corrected chi connectivity index (χ0v) is 20.2. The number of para-hydroxylation sites is 2. The highest BCUT2D eigenvalue weighted by atomic mass is 16.4. The number of benzene rings is 4. The van der Waals surface area contributed by atoms with Crippen LogP contribution >= 0.6 is 0 Å². The Morgan fingerprint density at radius 2 is 1.47 bits per heavy atom. The molecule has 0 aliphatic rings. The third kappa shape index (κ3) is 2.34. The first-order valence-electron chi connectivity index (χ1n) is 11.9. The molecule has 0 bridgehead atoms. The van der Waals surface area contributed by atoms with Gasteiger partial charge in [-0.05, 0) is 52.4 Å². The monoisotopic (exact) mass is 443 g/mol. The van der Waals surface area contributed by atoms with E-state index in [4.69, 9.17) is 4.42 Å². The summed E-state index contributed by atoms with van der Waals surface area (Å²) in [5, 5.41) is 6.34. The van der Waals surface area contributed by atoms with Crippen molar-refractivity contribution < 1.29 is 8.98 Å². The lowest BCUT2D eigenvalue weighted by Gasteiger charge is -2.25. The predicted octanol–water partition coefficient (Wildman–Crippen LogP) is 7.68. The number of aryl methyl sites for hydroxylation is 1. The first kappa shape index (κ1) is 19.6. The molecule has 0 fully saturated rings. The van der Waals surface area contributed by atoms with Crippen molar-refractivity contribution >= 4 is 49.2 Å². The molecule has 0 N–H and O–H groups in total. The molecule has 0 unspecified atom stereocenters. The molecule has 0 aliphatic heterocycles. The fourth-order valence-corrected chi connectivity index (χ4v) is 6.20. The van der Waals surface area contributed by atoms with E-state index in [1.165, 1.54) is 49.1 Å². The van der Waals surface area contributed by atoms with Crippen molar-refractivity contribution in [2.24, 2.45) is 7.05 Å². The van der Waals surface area contributed by atoms with Crippen LogP contribution in [0, 0.1) is 6.92 Å². The lowest BCUT2D eigenvalue weighted by Crippen LogP contribution is -2.29. The van der Waals surface area contributed by atoms with Crippen LogP contribution in [0.3, 0.4) is 0 Å². The van der Waals surface area contributed by atoms with Crippen LogP contribution in [0.2, 0.25) is 0 Å². The van der Waals surface area contributed by atoms with Crippen LogP contribution in [0.5, 0.6) is 0 Å². The van der Waals surface area contributed by atoms with Gasteiger partial charge in [0, 0.05) is 10.8 Å². The molecule has 0 spiro atoms. The van der Waals surface area contributed by atoms with Crippen molar-refractivity contribution in [1.29, 1.82) is 0 Å². The summed E-state index contributed by atoms with van der Waals surface area (Å²) < 4.78 is 11.4. The first-order chi connectivity index (χ1) is 16.4. The summed E-state index contributed by atoms with van der Waals surface area (Å²) in [6.07, 6.45) is 0. The van der Waals surface area contributed by atoms with Crippen LogP contribution in [0.15, 0.2) is 77.2 Å². The Kier molecular flexibility index (Phi) is 3.68. The minimum Gasteiger partial charge on any atom is -0.380 e. The van der Waals surface area contributed by atoms with Gasteiger partial charge in [-0.1, -0.05) is 75.4 Å². The van der Waals surface area contributed by atoms with Gasteiger partial charge in [0.1, 0.15) is 7.05 Å². The van der Waals surface area contributed by atoms with E-state index in [2.05, 4.69) is 117 Å². The van der Waals surface area contributed by atoms with E-state index in [1.54, 1.807) is 0 Å². The first-order valence-corrected chi connectivity index (χ1v) is 11.9. The quantitative estimate of drug-likeness (QED) is 0.238. The summed E-state index contributed by atoms with van der Waals surface area (Å²) in [6.45, 7) is 9.14. The highest BCUT2D eigenvalue weighted by Crippen LogP contribution is 2.42. The zero-order valence-electron chi connectivity index (χ0n) is 20.2. The average molecular weight is 444 g/mol. The van der Waals surface area contributed by atoms with Crippen LogP contribution < -0.4 is 4.57 Å². The number of rotatable bonds is 1. The molecule has 3 heterocycles. The number of nitrogens with zero attached hydrogens (tertiary/aromatic N) is 2. The van der Waals surface area contributed by atoms with Gasteiger partial charge < -0.3 is 4.42 Å². The number of fused-ring (bicyclic) bond motifs is 7. The van der Waals surface area contributed by atoms with Crippen LogP contribution in [0.4, 0.5) is 0 Å². The third-order valence-corrected chi connectivity index (χ3v) is 7.48. The van der Waals surface area contributed by atoms with Gasteiger partial charge in [0.25, 0.3) is 11.2 Å². The minimum atomic E-state index is 0.0168. The van der Waals surface area contributed by atoms with Gasteiger partial charge in [-0.2, -0.15) is 4.57 Å². The van der Waals surface area contributed by atoms with E-state index in [-0.39, 0.29) is 5.41 Å². The van der Waals surface area contributed by atoms with Crippen molar-refractivity contribution in [2.45, 2.75) is 33.1 Å². The minimum absolute atomic E-state index is 0.0168. The molecule has 7 rings (SSSR count). The maximum absolute atomic E-state index is 6.81. The Morgan fingerprint density at radius 3 is 2.26 bits per heavy atom. The summed E-state index contributed by atoms with van der Waals surface area (Å²) in [6, 6.07) is 26.2. The van der Waals surface area contributed by atoms with Crippen LogP contribution in [-0.2, 0) is 12.5 Å². The van der Waals surface area contributed by atoms with Crippen molar-refractivity contribution in [3.63, 3.8) is 0 Å². The van der Waals surface area contributed by atoms with Gasteiger partial charge in [0.05, 0.1) is 22.0 Å². The van der Waals surface area contributed by atoms with Crippen molar-refractivity contribution in [3.05, 3.63) is 83.9 Å². The lowest BCUT2D eigenvalue weighted by atomic mass is 9.79. The molecule has 0 radical (unpaired) electrons. The molecule has 0 saturated heterocycles. The molecule has 34 heavy (non-hydrogen) atoms. The van der Waals surface area contributed by atoms with Crippen molar-refractivity contribution in [3.8, 4) is 11.5 Å². The van der Waals surface area contributed by atoms with E-state index < -0.39 is 0 Å². The Balaban J connectivity index is 1.64. The molecule has 3 nitrogen and oxygen atoms in total. The molecular weight excluding hydrogens is 416 g/mol. The zero-order chi connectivity index (χ0) is 23.4. The molecule has 4 aromatic carbocycles. The second kappa shape index (κ2) is 6.38. The maximum Gasteiger partial charge on any atom is 0.383 e. The van der Waals surface area contributed by atoms with Crippen LogP contribution in [0.25, 0.3) is 60.6 Å². The summed E-state index contributed by atoms with van der Waals surface area (Å²) in [5.74, 6) is 0.902. The van der Waals surface area contributed by atoms with Crippen LogP contribution in [0.1, 0.15) is 31.9 Å². The van der Waals surface area contributed by atoms with E-state index >= 15 is 0 Å². The van der Waals surface area contributed by atoms with Gasteiger partial charge in [0.2, 0.25) is 0 Å². The van der Waals surface area contributed by atoms with Gasteiger partial charge >= 0.3 is 5.89 Å². The second-order valence-electron chi connectivity index (χ2n) is 10.6. The largest absolute Gasteiger partial charge is 0.383 e. The Hall–Kier alpha value is -3.85. The predicted molar refractivity (Wildman–Crippen MR) is 141 cm³/mol. The molecular formula is C31H27N2O+. The SMILES string of the molecule is Cc1c(-c2oc3c(c4cccc5c6ccccc6n3c54)[n+]2C)cc2ccccc2c1C(C)(C)C. The maximum atomic E-state index is 6.81. The van der Waals surface area contributed by atoms with Gasteiger partial charge in [-0.3, -0.25) is 4.40 Å². The summed E-state index contributed by atoms with van der Waals surface area (Å²) >= 11 is 0. The Bertz CT molecular complexity index is 1910. The summed E-state index contributed by atoms with van der Waals surface area (Å²) in [7, 11) is 2.14. The van der Waals surface area contributed by atoms with E-state index in [1.807, 2.05) is 0 Å². The molecule has 0 amide bonds. The van der Waals surface area contributed by atoms with Crippen molar-refractivity contribution in [2.75, 3.05) is 0 Å².